The Balaban J connectivity index is 1.78. The Bertz CT molecular complexity index is 480. The zero-order chi connectivity index (χ0) is 12.8. The Labute approximate surface area is 117 Å². The maximum absolute atomic E-state index is 5.94. The lowest BCUT2D eigenvalue weighted by molar-refractivity contribution is 0.686. The van der Waals surface area contributed by atoms with Crippen molar-refractivity contribution in [1.29, 1.82) is 0 Å². The molecule has 0 saturated carbocycles. The Morgan fingerprint density at radius 1 is 0.944 bits per heavy atom. The molecule has 2 nitrogen and oxygen atoms in total. The van der Waals surface area contributed by atoms with Crippen molar-refractivity contribution in [2.24, 2.45) is 0 Å². The Hall–Kier alpha value is -1.09. The third kappa shape index (κ3) is 4.30. The van der Waals surface area contributed by atoms with Crippen LogP contribution < -0.4 is 5.32 Å². The Kier molecular flexibility index (Phi) is 5.00. The van der Waals surface area contributed by atoms with Crippen molar-refractivity contribution >= 4 is 23.2 Å². The third-order valence-corrected chi connectivity index (χ3v) is 3.03. The van der Waals surface area contributed by atoms with Crippen LogP contribution in [0.1, 0.15) is 11.1 Å². The standard InChI is InChI=1S/C14H14Cl2N2/c15-13-7-12(8-14(16)9-13)10-18-6-3-11-1-4-17-5-2-11/h1-2,4-5,7-9,18H,3,6,10H2. The number of rotatable bonds is 5. The molecular weight excluding hydrogens is 267 g/mol. The van der Waals surface area contributed by atoms with Crippen LogP contribution in [-0.2, 0) is 13.0 Å². The Morgan fingerprint density at radius 2 is 1.61 bits per heavy atom. The fourth-order valence-corrected chi connectivity index (χ4v) is 2.30. The van der Waals surface area contributed by atoms with Crippen LogP contribution >= 0.6 is 23.2 Å². The van der Waals surface area contributed by atoms with E-state index in [1.54, 1.807) is 6.07 Å². The van der Waals surface area contributed by atoms with E-state index in [9.17, 15) is 0 Å². The molecule has 0 bridgehead atoms. The molecule has 0 saturated heterocycles. The van der Waals surface area contributed by atoms with Crippen molar-refractivity contribution in [2.45, 2.75) is 13.0 Å². The highest BCUT2D eigenvalue weighted by Crippen LogP contribution is 2.18. The van der Waals surface area contributed by atoms with Gasteiger partial charge in [0, 0.05) is 29.0 Å². The summed E-state index contributed by atoms with van der Waals surface area (Å²) in [5, 5.41) is 4.72. The van der Waals surface area contributed by atoms with Crippen LogP contribution in [0.2, 0.25) is 10.0 Å². The highest BCUT2D eigenvalue weighted by atomic mass is 35.5. The number of aromatic nitrogens is 1. The highest BCUT2D eigenvalue weighted by molar-refractivity contribution is 6.34. The first kappa shape index (κ1) is 13.3. The second kappa shape index (κ2) is 6.74. The van der Waals surface area contributed by atoms with Gasteiger partial charge in [-0.3, -0.25) is 4.98 Å². The van der Waals surface area contributed by atoms with Crippen LogP contribution in [0.3, 0.4) is 0 Å². The third-order valence-electron chi connectivity index (χ3n) is 2.59. The van der Waals surface area contributed by atoms with Crippen LogP contribution in [0.5, 0.6) is 0 Å². The number of nitrogens with one attached hydrogen (secondary N) is 1. The van der Waals surface area contributed by atoms with Gasteiger partial charge in [-0.2, -0.15) is 0 Å². The summed E-state index contributed by atoms with van der Waals surface area (Å²) in [5.41, 5.74) is 2.38. The van der Waals surface area contributed by atoms with Gasteiger partial charge in [0.2, 0.25) is 0 Å². The lowest BCUT2D eigenvalue weighted by atomic mass is 10.2. The van der Waals surface area contributed by atoms with Gasteiger partial charge in [0.05, 0.1) is 0 Å². The molecule has 2 aromatic rings. The molecular formula is C14H14Cl2N2. The maximum Gasteiger partial charge on any atom is 0.0424 e. The first-order chi connectivity index (χ1) is 8.74. The second-order valence-electron chi connectivity index (χ2n) is 4.06. The minimum absolute atomic E-state index is 0.674. The predicted molar refractivity (Wildman–Crippen MR) is 76.1 cm³/mol. The molecule has 2 rings (SSSR count). The van der Waals surface area contributed by atoms with E-state index >= 15 is 0 Å². The fourth-order valence-electron chi connectivity index (χ4n) is 1.73. The molecule has 0 amide bonds. The van der Waals surface area contributed by atoms with Gasteiger partial charge in [0.15, 0.2) is 0 Å². The lowest BCUT2D eigenvalue weighted by Gasteiger charge is -2.06. The molecule has 94 valence electrons. The summed E-state index contributed by atoms with van der Waals surface area (Å²) >= 11 is 11.9. The lowest BCUT2D eigenvalue weighted by Crippen LogP contribution is -2.16. The number of halogens is 2. The van der Waals surface area contributed by atoms with E-state index in [0.717, 1.165) is 25.1 Å². The molecule has 0 fully saturated rings. The van der Waals surface area contributed by atoms with Gasteiger partial charge in [0.1, 0.15) is 0 Å². The summed E-state index contributed by atoms with van der Waals surface area (Å²) in [6, 6.07) is 9.64. The van der Waals surface area contributed by atoms with Crippen molar-refractivity contribution < 1.29 is 0 Å². The first-order valence-electron chi connectivity index (χ1n) is 5.78. The van der Waals surface area contributed by atoms with Gasteiger partial charge in [0.25, 0.3) is 0 Å². The summed E-state index contributed by atoms with van der Waals surface area (Å²) in [6.45, 7) is 1.68. The monoisotopic (exact) mass is 280 g/mol. The fraction of sp³-hybridized carbons (Fsp3) is 0.214. The van der Waals surface area contributed by atoms with Gasteiger partial charge in [-0.05, 0) is 54.4 Å². The van der Waals surface area contributed by atoms with Crippen molar-refractivity contribution in [3.05, 3.63) is 63.9 Å². The van der Waals surface area contributed by atoms with Crippen molar-refractivity contribution in [3.8, 4) is 0 Å². The highest BCUT2D eigenvalue weighted by Gasteiger charge is 1.98. The topological polar surface area (TPSA) is 24.9 Å². The SMILES string of the molecule is Clc1cc(Cl)cc(CNCCc2ccncc2)c1. The zero-order valence-electron chi connectivity index (χ0n) is 9.87. The molecule has 1 aromatic carbocycles. The number of pyridine rings is 1. The number of hydrogen-bond donors (Lipinski definition) is 1. The van der Waals surface area contributed by atoms with E-state index < -0.39 is 0 Å². The molecule has 0 aliphatic heterocycles. The summed E-state index contributed by atoms with van der Waals surface area (Å²) in [4.78, 5) is 3.99. The summed E-state index contributed by atoms with van der Waals surface area (Å²) in [5.74, 6) is 0. The molecule has 1 heterocycles. The zero-order valence-corrected chi connectivity index (χ0v) is 11.4. The molecule has 18 heavy (non-hydrogen) atoms. The molecule has 0 atom stereocenters. The second-order valence-corrected chi connectivity index (χ2v) is 4.93. The van der Waals surface area contributed by atoms with E-state index in [2.05, 4.69) is 10.3 Å². The van der Waals surface area contributed by atoms with Crippen molar-refractivity contribution in [3.63, 3.8) is 0 Å². The van der Waals surface area contributed by atoms with Gasteiger partial charge in [-0.15, -0.1) is 0 Å². The minimum atomic E-state index is 0.674. The molecule has 1 N–H and O–H groups in total. The molecule has 1 aromatic heterocycles. The normalized spacial score (nSPS) is 10.6. The molecule has 0 spiro atoms. The average Bonchev–Trinajstić information content (AvgIpc) is 2.35. The van der Waals surface area contributed by atoms with E-state index in [1.165, 1.54) is 5.56 Å². The minimum Gasteiger partial charge on any atom is -0.312 e. The van der Waals surface area contributed by atoms with E-state index in [-0.39, 0.29) is 0 Å². The van der Waals surface area contributed by atoms with Crippen LogP contribution in [0.15, 0.2) is 42.7 Å². The molecule has 0 aliphatic carbocycles. The largest absolute Gasteiger partial charge is 0.312 e. The number of hydrogen-bond acceptors (Lipinski definition) is 2. The molecule has 0 unspecified atom stereocenters. The van der Waals surface area contributed by atoms with E-state index in [0.29, 0.717) is 10.0 Å². The first-order valence-corrected chi connectivity index (χ1v) is 6.54. The number of benzene rings is 1. The van der Waals surface area contributed by atoms with E-state index in [1.807, 2.05) is 36.7 Å². The van der Waals surface area contributed by atoms with Crippen LogP contribution in [0.4, 0.5) is 0 Å². The Morgan fingerprint density at radius 3 is 2.28 bits per heavy atom. The summed E-state index contributed by atoms with van der Waals surface area (Å²) in [7, 11) is 0. The van der Waals surface area contributed by atoms with Gasteiger partial charge >= 0.3 is 0 Å². The smallest absolute Gasteiger partial charge is 0.0424 e. The van der Waals surface area contributed by atoms with Crippen LogP contribution in [0.25, 0.3) is 0 Å². The van der Waals surface area contributed by atoms with Crippen molar-refractivity contribution in [2.75, 3.05) is 6.54 Å². The average molecular weight is 281 g/mol. The quantitative estimate of drug-likeness (QED) is 0.845. The van der Waals surface area contributed by atoms with Crippen LogP contribution in [-0.4, -0.2) is 11.5 Å². The molecule has 0 aliphatic rings. The number of nitrogens with zero attached hydrogens (tertiary/aromatic N) is 1. The van der Waals surface area contributed by atoms with E-state index in [4.69, 9.17) is 23.2 Å². The van der Waals surface area contributed by atoms with Crippen molar-refractivity contribution in [1.82, 2.24) is 10.3 Å². The van der Waals surface area contributed by atoms with Gasteiger partial charge in [-0.25, -0.2) is 0 Å². The van der Waals surface area contributed by atoms with Crippen LogP contribution in [0, 0.1) is 0 Å². The summed E-state index contributed by atoms with van der Waals surface area (Å²) in [6.07, 6.45) is 4.61. The molecule has 0 radical (unpaired) electrons. The molecule has 4 heteroatoms. The summed E-state index contributed by atoms with van der Waals surface area (Å²) < 4.78 is 0. The maximum atomic E-state index is 5.94. The predicted octanol–water partition coefficient (Wildman–Crippen LogP) is 3.72. The van der Waals surface area contributed by atoms with Gasteiger partial charge < -0.3 is 5.32 Å². The van der Waals surface area contributed by atoms with Gasteiger partial charge in [-0.1, -0.05) is 23.2 Å².